The molecule has 0 unspecified atom stereocenters. The van der Waals surface area contributed by atoms with E-state index in [0.29, 0.717) is 227 Å². The van der Waals surface area contributed by atoms with E-state index in [-0.39, 0.29) is 73.3 Å². The second-order valence-electron chi connectivity index (χ2n) is 36.9. The summed E-state index contributed by atoms with van der Waals surface area (Å²) in [6.07, 6.45) is 15.0. The number of cyclic esters (lactones) is 1. The first-order valence-corrected chi connectivity index (χ1v) is 47.9. The van der Waals surface area contributed by atoms with Gasteiger partial charge in [0.25, 0.3) is 17.7 Å². The molecule has 12 rings (SSSR count). The van der Waals surface area contributed by atoms with E-state index in [1.165, 1.54) is 30.3 Å². The van der Waals surface area contributed by atoms with E-state index in [1.54, 1.807) is 41.1 Å². The first-order valence-electron chi connectivity index (χ1n) is 47.9. The zero-order valence-corrected chi connectivity index (χ0v) is 79.8. The van der Waals surface area contributed by atoms with Crippen LogP contribution in [0.5, 0.6) is 0 Å². The number of esters is 2. The molecule has 3 aromatic heterocycles. The van der Waals surface area contributed by atoms with Gasteiger partial charge in [-0.05, 0) is 175 Å². The van der Waals surface area contributed by atoms with Crippen molar-refractivity contribution in [1.29, 1.82) is 0 Å². The number of aromatic nitrogens is 5. The number of likely N-dealkylation sites (tertiary alicyclic amines) is 2. The number of ketones is 2. The second kappa shape index (κ2) is 51.5. The van der Waals surface area contributed by atoms with Gasteiger partial charge in [0.2, 0.25) is 11.7 Å². The van der Waals surface area contributed by atoms with Gasteiger partial charge in [-0.15, -0.1) is 0 Å². The number of likely N-dealkylation sites (N-methyl/N-ethyl adjacent to an activating group) is 1. The van der Waals surface area contributed by atoms with Gasteiger partial charge in [-0.2, -0.15) is 10.1 Å². The maximum absolute atomic E-state index is 14.7. The Bertz CT molecular complexity index is 4670. The van der Waals surface area contributed by atoms with E-state index < -0.39 is 90.0 Å². The van der Waals surface area contributed by atoms with Gasteiger partial charge in [0.05, 0.1) is 109 Å². The van der Waals surface area contributed by atoms with Gasteiger partial charge in [-0.1, -0.05) is 96.2 Å². The molecular formula is C99H147N11O22. The molecule has 4 bridgehead atoms. The van der Waals surface area contributed by atoms with Crippen LogP contribution in [0.3, 0.4) is 0 Å². The number of methoxy groups -OCH3 is 3. The van der Waals surface area contributed by atoms with Gasteiger partial charge in [-0.25, -0.2) is 19.4 Å². The number of nitrogens with two attached hydrogens (primary N) is 2. The number of hydrogen-bond donors (Lipinski definition) is 5. The maximum Gasteiger partial charge on any atom is 0.329 e. The summed E-state index contributed by atoms with van der Waals surface area (Å²) in [6.45, 7) is 29.4. The number of Topliss-reactive ketones (excluding diaryl/α,β-unsaturated/α-hetero) is 2. The van der Waals surface area contributed by atoms with Gasteiger partial charge in [0.1, 0.15) is 53.8 Å². The molecule has 5 fully saturated rings. The number of allylic oxidation sites excluding steroid dienone is 5. The minimum atomic E-state index is -2.45. The summed E-state index contributed by atoms with van der Waals surface area (Å²) < 4.78 is 76.8. The van der Waals surface area contributed by atoms with E-state index in [2.05, 4.69) is 49.9 Å². The lowest BCUT2D eigenvalue weighted by Crippen LogP contribution is -2.61. The second-order valence-corrected chi connectivity index (χ2v) is 36.9. The van der Waals surface area contributed by atoms with Gasteiger partial charge in [0.15, 0.2) is 17.0 Å². The molecule has 33 nitrogen and oxygen atoms in total. The standard InChI is InChI=1S/C66H107N3O16.C33H40N8O6/c1-12-67-40-51-37-50(67)41-68(51)28-30-82-32-31-81-29-18-22-59(71)83-55-26-24-49(36-58(55)79-10)35-45(5)57-39-54(70)44(4)34-47(7)61(73)62(80-11)60(72)46(6)33-42(2)19-14-13-15-20-43(3)56(78-9)38-52-25-23-48(8)66(77,85-52)63(74)64(75)69-27-17-16-21-53(69)65(76)84-57;1-2-43-11-12-45-15-16-46-14-13-44-10-8-28(42)40-9-7-23-17-22(3-4-25(23)20-40)19-41-32-29(31(34)36-21-37-32)30(39-41)24-5-6-27-26(18-24)38-33(35)47-27/h13-15,19-20,34,42,44-46,48-58,61-62,70,73,77H,12,16-18,21-33,35-41H2,1-11H3;3-6,17-18,21H,2,7-16,19-20H2,1H3,(H2,35,38)(H2,34,36,37)/b15-13+,19-14+,43-20+,47-34+;/t42-,44-,45-,46-,48-,49+,50+,51+,52+,53+,54-,55-,56+,57+,58-,61-,62+,66-;/m1./s1. The highest BCUT2D eigenvalue weighted by Gasteiger charge is 2.54. The fourth-order valence-electron chi connectivity index (χ4n) is 19.6. The Morgan fingerprint density at radius 1 is 0.712 bits per heavy atom. The van der Waals surface area contributed by atoms with E-state index in [9.17, 15) is 44.1 Å². The molecule has 7 N–H and O–H groups in total. The number of nitrogens with zero attached hydrogens (tertiary/aromatic N) is 9. The molecule has 5 aromatic rings. The normalized spacial score (nSPS) is 29.2. The number of aliphatic hydroxyl groups is 3. The molecule has 33 heteroatoms. The quantitative estimate of drug-likeness (QED) is 0.0111. The third-order valence-electron chi connectivity index (χ3n) is 27.3. The number of amides is 2. The molecule has 0 spiro atoms. The largest absolute Gasteiger partial charge is 0.460 e. The summed E-state index contributed by atoms with van der Waals surface area (Å²) in [5.41, 5.74) is 20.1. The minimum Gasteiger partial charge on any atom is -0.460 e. The Kier molecular flexibility index (Phi) is 40.7. The first-order chi connectivity index (χ1) is 63.6. The lowest BCUT2D eigenvalue weighted by molar-refractivity contribution is -0.265. The van der Waals surface area contributed by atoms with Crippen LogP contribution in [0.4, 0.5) is 11.8 Å². The number of carbonyl (C=O) groups is 6. The Labute approximate surface area is 777 Å². The predicted molar refractivity (Wildman–Crippen MR) is 497 cm³/mol. The van der Waals surface area contributed by atoms with Crippen LogP contribution in [-0.2, 0) is 105 Å². The smallest absolute Gasteiger partial charge is 0.329 e. The highest BCUT2D eigenvalue weighted by molar-refractivity contribution is 6.39. The van der Waals surface area contributed by atoms with Crippen LogP contribution in [0, 0.1) is 35.5 Å². The predicted octanol–water partition coefficient (Wildman–Crippen LogP) is 10.3. The summed E-state index contributed by atoms with van der Waals surface area (Å²) in [7, 11) is 4.59. The van der Waals surface area contributed by atoms with Crippen molar-refractivity contribution in [3.05, 3.63) is 107 Å². The molecular weight excluding hydrogens is 1700 g/mol. The summed E-state index contributed by atoms with van der Waals surface area (Å²) in [4.78, 5) is 105. The van der Waals surface area contributed by atoms with Gasteiger partial charge < -0.3 is 97.8 Å². The van der Waals surface area contributed by atoms with Crippen molar-refractivity contribution in [2.75, 3.05) is 151 Å². The molecule has 730 valence electrons. The number of fused-ring (bicyclic) bond motifs is 8. The number of anilines is 2. The molecule has 9 heterocycles. The number of piperazine rings is 1. The van der Waals surface area contributed by atoms with Crippen LogP contribution >= 0.6 is 0 Å². The average Bonchev–Trinajstić information content (AvgIpc) is 1.47. The molecule has 2 amide bonds. The van der Waals surface area contributed by atoms with Gasteiger partial charge in [0, 0.05) is 128 Å². The average molecular weight is 1840 g/mol. The van der Waals surface area contributed by atoms with Crippen molar-refractivity contribution < 1.29 is 105 Å². The number of ether oxygens (including phenoxy) is 12. The van der Waals surface area contributed by atoms with E-state index in [0.717, 1.165) is 54.9 Å². The van der Waals surface area contributed by atoms with Gasteiger partial charge in [-0.3, -0.25) is 33.8 Å². The third kappa shape index (κ3) is 28.6. The lowest BCUT2D eigenvalue weighted by Gasteiger charge is -2.43. The van der Waals surface area contributed by atoms with E-state index in [4.69, 9.17) is 77.8 Å². The molecule has 1 aliphatic carbocycles. The summed E-state index contributed by atoms with van der Waals surface area (Å²) in [6, 6.07) is 12.2. The van der Waals surface area contributed by atoms with Crippen molar-refractivity contribution in [1.82, 2.24) is 44.3 Å². The number of rotatable bonds is 34. The topological polar surface area (TPSA) is 408 Å². The van der Waals surface area contributed by atoms with E-state index in [1.807, 2.05) is 92.8 Å². The molecule has 132 heavy (non-hydrogen) atoms. The number of nitrogen functional groups attached to an aromatic ring is 2. The Morgan fingerprint density at radius 3 is 2.16 bits per heavy atom. The monoisotopic (exact) mass is 1840 g/mol. The summed E-state index contributed by atoms with van der Waals surface area (Å²) >= 11 is 0. The SMILES string of the molecule is CCN1C[C@@H]2C[C@H]1CN2CCOCCOCCCC(=O)O[C@@H]1CC[C@@H](C[C@@H](C)[C@@H]2C[C@@H](O)[C@H](C)/C=C(\C)[C@@H](O)[C@@H](OC)C(=O)[C@H](C)C[C@H](C)/C=C/C=C/C=C(\C)[C@@H](OC)C[C@@H]3CC[C@@H](C)[C@@](O)(O3)C(=O)C(=O)N3CCCC[C@H]3C(=O)O2)C[C@H]1OC.CCOCCOCCOCCOCCC(=O)N1CCc2cc(Cn3nc(-c4ccc5oc(N)nc5c4)c4c(N)ncnc43)ccc2C1. The Morgan fingerprint density at radius 2 is 1.44 bits per heavy atom. The molecule has 18 atom stereocenters. The molecule has 1 saturated carbocycles. The zero-order valence-electron chi connectivity index (χ0n) is 79.8. The van der Waals surface area contributed by atoms with Crippen molar-refractivity contribution in [2.24, 2.45) is 35.5 Å². The van der Waals surface area contributed by atoms with Crippen molar-refractivity contribution in [2.45, 2.75) is 257 Å². The summed E-state index contributed by atoms with van der Waals surface area (Å²) in [5.74, 6) is -7.47. The summed E-state index contributed by atoms with van der Waals surface area (Å²) in [5, 5.41) is 41.3. The zero-order chi connectivity index (χ0) is 94.5. The van der Waals surface area contributed by atoms with Crippen molar-refractivity contribution >= 4 is 69.3 Å². The molecule has 7 aliphatic rings. The van der Waals surface area contributed by atoms with Crippen LogP contribution in [0.2, 0.25) is 0 Å². The molecule has 6 aliphatic heterocycles. The molecule has 0 radical (unpaired) electrons. The van der Waals surface area contributed by atoms with Crippen LogP contribution in [0.25, 0.3) is 33.4 Å². The first kappa shape index (κ1) is 104. The van der Waals surface area contributed by atoms with Crippen molar-refractivity contribution in [3.8, 4) is 11.3 Å². The number of aliphatic hydroxyl groups excluding tert-OH is 2. The van der Waals surface area contributed by atoms with E-state index >= 15 is 0 Å². The van der Waals surface area contributed by atoms with Crippen LogP contribution < -0.4 is 11.5 Å². The maximum atomic E-state index is 14.7. The number of benzene rings is 2. The number of piperidine rings is 1. The fraction of sp³-hybridized carbons (Fsp3) is 0.677. The highest BCUT2D eigenvalue weighted by atomic mass is 16.6. The Balaban J connectivity index is 0.000000299. The molecule has 2 aromatic carbocycles. The number of oxazole rings is 1. The Hall–Kier alpha value is -8.36. The van der Waals surface area contributed by atoms with Crippen molar-refractivity contribution in [3.63, 3.8) is 0 Å². The highest BCUT2D eigenvalue weighted by Crippen LogP contribution is 2.41. The van der Waals surface area contributed by atoms with Crippen LogP contribution in [0.1, 0.15) is 182 Å². The lowest BCUT2D eigenvalue weighted by atomic mass is 9.78. The van der Waals surface area contributed by atoms with Crippen LogP contribution in [-0.4, -0.2) is 308 Å². The number of carbonyl (C=O) groups excluding carboxylic acids is 6. The minimum absolute atomic E-state index is 0.0129. The van der Waals surface area contributed by atoms with Gasteiger partial charge >= 0.3 is 11.9 Å². The molecule has 4 saturated heterocycles. The number of hydrogen-bond acceptors (Lipinski definition) is 30. The fourth-order valence-corrected chi connectivity index (χ4v) is 19.6. The van der Waals surface area contributed by atoms with Crippen LogP contribution in [0.15, 0.2) is 94.7 Å². The third-order valence-corrected chi connectivity index (χ3v) is 27.3.